The van der Waals surface area contributed by atoms with E-state index in [1.165, 1.54) is 0 Å². The number of hydrogen-bond acceptors (Lipinski definition) is 5. The molecule has 6 heteroatoms. The molecule has 0 fully saturated rings. The lowest BCUT2D eigenvalue weighted by Crippen LogP contribution is -2.12. The second-order valence-corrected chi connectivity index (χ2v) is 5.05. The molecule has 118 valence electrons. The quantitative estimate of drug-likeness (QED) is 0.757. The molecule has 1 atom stereocenters. The molecule has 0 aliphatic rings. The monoisotopic (exact) mass is 309 g/mol. The molecule has 23 heavy (non-hydrogen) atoms. The Kier molecular flexibility index (Phi) is 4.52. The molecule has 0 aliphatic heterocycles. The summed E-state index contributed by atoms with van der Waals surface area (Å²) in [6, 6.07) is 10.1. The Balaban J connectivity index is 1.84. The lowest BCUT2D eigenvalue weighted by molar-refractivity contribution is 0.325. The van der Waals surface area contributed by atoms with E-state index >= 15 is 0 Å². The minimum absolute atomic E-state index is 0.0431. The van der Waals surface area contributed by atoms with Gasteiger partial charge in [-0.05, 0) is 31.5 Å². The van der Waals surface area contributed by atoms with Crippen molar-refractivity contribution in [3.05, 3.63) is 60.7 Å². The summed E-state index contributed by atoms with van der Waals surface area (Å²) in [6.45, 7) is 4.57. The maximum atomic E-state index is 5.39. The lowest BCUT2D eigenvalue weighted by atomic mass is 10.1. The van der Waals surface area contributed by atoms with Crippen LogP contribution in [-0.2, 0) is 0 Å². The molecule has 0 amide bonds. The Morgan fingerprint density at radius 1 is 1.22 bits per heavy atom. The largest absolute Gasteiger partial charge is 0.477 e. The van der Waals surface area contributed by atoms with E-state index < -0.39 is 0 Å². The number of aromatic nitrogens is 4. The molecule has 3 aromatic rings. The molecule has 0 radical (unpaired) electrons. The molecule has 6 nitrogen and oxygen atoms in total. The normalized spacial score (nSPS) is 11.9. The van der Waals surface area contributed by atoms with Crippen LogP contribution in [0.3, 0.4) is 0 Å². The molecular weight excluding hydrogens is 290 g/mol. The number of ether oxygens (including phenoxy) is 1. The van der Waals surface area contributed by atoms with E-state index in [-0.39, 0.29) is 6.04 Å². The molecule has 0 bridgehead atoms. The van der Waals surface area contributed by atoms with Crippen molar-refractivity contribution in [3.8, 4) is 11.6 Å². The van der Waals surface area contributed by atoms with Gasteiger partial charge in [0.05, 0.1) is 30.7 Å². The van der Waals surface area contributed by atoms with Gasteiger partial charge < -0.3 is 10.1 Å². The van der Waals surface area contributed by atoms with Crippen LogP contribution in [0.15, 0.2) is 55.1 Å². The molecule has 2 aromatic heterocycles. The van der Waals surface area contributed by atoms with Crippen LogP contribution in [0, 0.1) is 0 Å². The summed E-state index contributed by atoms with van der Waals surface area (Å²) < 4.78 is 7.25. The van der Waals surface area contributed by atoms with Crippen molar-refractivity contribution >= 4 is 5.82 Å². The van der Waals surface area contributed by atoms with Crippen LogP contribution >= 0.6 is 0 Å². The minimum Gasteiger partial charge on any atom is -0.477 e. The van der Waals surface area contributed by atoms with E-state index in [1.807, 2.05) is 42.1 Å². The van der Waals surface area contributed by atoms with Gasteiger partial charge in [0.1, 0.15) is 5.82 Å². The summed E-state index contributed by atoms with van der Waals surface area (Å²) in [4.78, 5) is 8.56. The van der Waals surface area contributed by atoms with Crippen LogP contribution in [0.1, 0.15) is 25.5 Å². The fourth-order valence-electron chi connectivity index (χ4n) is 2.41. The van der Waals surface area contributed by atoms with Gasteiger partial charge in [-0.3, -0.25) is 4.98 Å². The first-order valence-corrected chi connectivity index (χ1v) is 7.58. The number of anilines is 1. The second kappa shape index (κ2) is 6.91. The Bertz CT molecular complexity index is 757. The van der Waals surface area contributed by atoms with Gasteiger partial charge in [-0.2, -0.15) is 10.1 Å². The highest BCUT2D eigenvalue weighted by molar-refractivity contribution is 5.46. The smallest absolute Gasteiger partial charge is 0.234 e. The topological polar surface area (TPSA) is 64.9 Å². The average molecular weight is 309 g/mol. The van der Waals surface area contributed by atoms with Crippen molar-refractivity contribution in [2.75, 3.05) is 11.9 Å². The Morgan fingerprint density at radius 2 is 2.09 bits per heavy atom. The molecule has 1 unspecified atom stereocenters. The maximum absolute atomic E-state index is 5.39. The summed E-state index contributed by atoms with van der Waals surface area (Å²) in [5.74, 6) is 1.20. The van der Waals surface area contributed by atoms with E-state index in [2.05, 4.69) is 33.4 Å². The predicted molar refractivity (Wildman–Crippen MR) is 88.8 cm³/mol. The molecule has 0 saturated heterocycles. The molecule has 1 aromatic carbocycles. The SMILES string of the molecule is CCOc1cncc(NC(C)c2ccccc2-n2cccn2)n1. The van der Waals surface area contributed by atoms with Gasteiger partial charge in [-0.15, -0.1) is 0 Å². The highest BCUT2D eigenvalue weighted by atomic mass is 16.5. The van der Waals surface area contributed by atoms with E-state index in [4.69, 9.17) is 4.74 Å². The molecule has 1 N–H and O–H groups in total. The number of nitrogens with zero attached hydrogens (tertiary/aromatic N) is 4. The first kappa shape index (κ1) is 15.0. The van der Waals surface area contributed by atoms with Crippen molar-refractivity contribution in [3.63, 3.8) is 0 Å². The first-order valence-electron chi connectivity index (χ1n) is 7.58. The van der Waals surface area contributed by atoms with Gasteiger partial charge >= 0.3 is 0 Å². The number of para-hydroxylation sites is 1. The third-order valence-corrected chi connectivity index (χ3v) is 3.42. The highest BCUT2D eigenvalue weighted by Gasteiger charge is 2.12. The molecule has 3 rings (SSSR count). The van der Waals surface area contributed by atoms with Crippen molar-refractivity contribution in [1.29, 1.82) is 0 Å². The van der Waals surface area contributed by atoms with Crippen molar-refractivity contribution in [2.45, 2.75) is 19.9 Å². The van der Waals surface area contributed by atoms with E-state index in [0.29, 0.717) is 18.3 Å². The molecular formula is C17H19N5O. The van der Waals surface area contributed by atoms with E-state index in [1.54, 1.807) is 18.6 Å². The third kappa shape index (κ3) is 3.48. The fraction of sp³-hybridized carbons (Fsp3) is 0.235. The summed E-state index contributed by atoms with van der Waals surface area (Å²) in [7, 11) is 0. The van der Waals surface area contributed by atoms with Crippen molar-refractivity contribution in [1.82, 2.24) is 19.7 Å². The maximum Gasteiger partial charge on any atom is 0.234 e. The number of rotatable bonds is 6. The van der Waals surface area contributed by atoms with Gasteiger partial charge in [0.2, 0.25) is 5.88 Å². The summed E-state index contributed by atoms with van der Waals surface area (Å²) >= 11 is 0. The number of benzene rings is 1. The minimum atomic E-state index is 0.0431. The molecule has 0 spiro atoms. The van der Waals surface area contributed by atoms with Gasteiger partial charge in [-0.25, -0.2) is 4.68 Å². The van der Waals surface area contributed by atoms with Crippen molar-refractivity contribution < 1.29 is 4.74 Å². The van der Waals surface area contributed by atoms with Gasteiger partial charge in [0.25, 0.3) is 0 Å². The van der Waals surface area contributed by atoms with Gasteiger partial charge in [-0.1, -0.05) is 18.2 Å². The predicted octanol–water partition coefficient (Wildman–Crippen LogP) is 3.23. The molecule has 0 saturated carbocycles. The Hall–Kier alpha value is -2.89. The van der Waals surface area contributed by atoms with Crippen LogP contribution in [-0.4, -0.2) is 26.4 Å². The fourth-order valence-corrected chi connectivity index (χ4v) is 2.41. The zero-order valence-electron chi connectivity index (χ0n) is 13.2. The average Bonchev–Trinajstić information content (AvgIpc) is 3.10. The van der Waals surface area contributed by atoms with Crippen LogP contribution in [0.25, 0.3) is 5.69 Å². The first-order chi connectivity index (χ1) is 11.3. The van der Waals surface area contributed by atoms with E-state index in [0.717, 1.165) is 11.3 Å². The van der Waals surface area contributed by atoms with Crippen LogP contribution in [0.4, 0.5) is 5.82 Å². The Morgan fingerprint density at radius 3 is 2.87 bits per heavy atom. The molecule has 2 heterocycles. The molecule has 0 aliphatic carbocycles. The zero-order chi connectivity index (χ0) is 16.1. The lowest BCUT2D eigenvalue weighted by Gasteiger charge is -2.18. The van der Waals surface area contributed by atoms with Crippen LogP contribution in [0.5, 0.6) is 5.88 Å². The van der Waals surface area contributed by atoms with E-state index in [9.17, 15) is 0 Å². The number of hydrogen-bond donors (Lipinski definition) is 1. The number of nitrogens with one attached hydrogen (secondary N) is 1. The standard InChI is InChI=1S/C17H19N5O/c1-3-23-17-12-18-11-16(21-17)20-13(2)14-7-4-5-8-15(14)22-10-6-9-19-22/h4-13H,3H2,1-2H3,(H,20,21). The van der Waals surface area contributed by atoms with Crippen molar-refractivity contribution in [2.24, 2.45) is 0 Å². The van der Waals surface area contributed by atoms with Crippen LogP contribution < -0.4 is 10.1 Å². The van der Waals surface area contributed by atoms with Gasteiger partial charge in [0.15, 0.2) is 0 Å². The second-order valence-electron chi connectivity index (χ2n) is 5.05. The summed E-state index contributed by atoms with van der Waals surface area (Å²) in [5, 5.41) is 7.68. The zero-order valence-corrected chi connectivity index (χ0v) is 13.2. The Labute approximate surface area is 135 Å². The summed E-state index contributed by atoms with van der Waals surface area (Å²) in [5.41, 5.74) is 2.16. The third-order valence-electron chi connectivity index (χ3n) is 3.42. The summed E-state index contributed by atoms with van der Waals surface area (Å²) in [6.07, 6.45) is 7.00. The highest BCUT2D eigenvalue weighted by Crippen LogP contribution is 2.24. The van der Waals surface area contributed by atoms with Crippen LogP contribution in [0.2, 0.25) is 0 Å². The van der Waals surface area contributed by atoms with Gasteiger partial charge in [0, 0.05) is 12.4 Å².